The number of aromatic nitrogens is 4. The van der Waals surface area contributed by atoms with Crippen LogP contribution in [0.5, 0.6) is 0 Å². The maximum absolute atomic E-state index is 12.7. The minimum absolute atomic E-state index is 0.279. The molecule has 0 unspecified atom stereocenters. The second-order valence-electron chi connectivity index (χ2n) is 7.19. The van der Waals surface area contributed by atoms with Crippen LogP contribution >= 0.6 is 0 Å². The molecule has 7 heteroatoms. The molecule has 3 heterocycles. The molecule has 1 aliphatic rings. The normalized spacial score (nSPS) is 16.9. The van der Waals surface area contributed by atoms with Crippen LogP contribution in [-0.2, 0) is 27.1 Å². The highest BCUT2D eigenvalue weighted by molar-refractivity contribution is 5.75. The predicted molar refractivity (Wildman–Crippen MR) is 102 cm³/mol. The number of anilines is 1. The van der Waals surface area contributed by atoms with Crippen LogP contribution in [0.25, 0.3) is 11.2 Å². The number of fused-ring (bicyclic) bond motifs is 3. The van der Waals surface area contributed by atoms with Crippen LogP contribution in [0.1, 0.15) is 12.5 Å². The van der Waals surface area contributed by atoms with E-state index in [4.69, 9.17) is 0 Å². The Bertz CT molecular complexity index is 1080. The van der Waals surface area contributed by atoms with E-state index in [-0.39, 0.29) is 11.2 Å². The number of imidazole rings is 1. The third kappa shape index (κ3) is 2.55. The molecule has 0 spiro atoms. The van der Waals surface area contributed by atoms with Gasteiger partial charge in [-0.15, -0.1) is 0 Å². The Hall–Kier alpha value is -2.83. The molecule has 1 atom stereocenters. The SMILES string of the molecule is C[C@H]1CN(CCc2ccccc2)c2nc3c(c(=O)n(C)c(=O)n3C)n2C1. The molecule has 0 saturated heterocycles. The number of nitrogens with zero attached hydrogens (tertiary/aromatic N) is 5. The zero-order valence-electron chi connectivity index (χ0n) is 15.3. The van der Waals surface area contributed by atoms with Gasteiger partial charge in [0.25, 0.3) is 5.56 Å². The molecule has 1 aromatic carbocycles. The summed E-state index contributed by atoms with van der Waals surface area (Å²) in [7, 11) is 3.18. The highest BCUT2D eigenvalue weighted by atomic mass is 16.2. The van der Waals surface area contributed by atoms with E-state index in [2.05, 4.69) is 28.9 Å². The summed E-state index contributed by atoms with van der Waals surface area (Å²) >= 11 is 0. The van der Waals surface area contributed by atoms with Crippen molar-refractivity contribution in [2.75, 3.05) is 18.0 Å². The van der Waals surface area contributed by atoms with Crippen LogP contribution in [0.15, 0.2) is 39.9 Å². The van der Waals surface area contributed by atoms with Crippen LogP contribution in [0.3, 0.4) is 0 Å². The van der Waals surface area contributed by atoms with E-state index in [1.165, 1.54) is 17.2 Å². The van der Waals surface area contributed by atoms with Crippen molar-refractivity contribution in [1.29, 1.82) is 0 Å². The zero-order valence-corrected chi connectivity index (χ0v) is 15.3. The summed E-state index contributed by atoms with van der Waals surface area (Å²) in [6.07, 6.45) is 0.910. The second-order valence-corrected chi connectivity index (χ2v) is 7.19. The number of rotatable bonds is 3. The van der Waals surface area contributed by atoms with Crippen LogP contribution in [0, 0.1) is 5.92 Å². The van der Waals surface area contributed by atoms with Gasteiger partial charge in [-0.2, -0.15) is 4.98 Å². The Morgan fingerprint density at radius 2 is 1.81 bits per heavy atom. The summed E-state index contributed by atoms with van der Waals surface area (Å²) in [4.78, 5) is 31.8. The minimum atomic E-state index is -0.346. The van der Waals surface area contributed by atoms with Gasteiger partial charge in [0.05, 0.1) is 0 Å². The van der Waals surface area contributed by atoms with Crippen molar-refractivity contribution in [2.45, 2.75) is 19.9 Å². The fourth-order valence-electron chi connectivity index (χ4n) is 3.78. The first-order valence-electron chi connectivity index (χ1n) is 8.92. The maximum atomic E-state index is 12.7. The molecule has 26 heavy (non-hydrogen) atoms. The molecule has 0 fully saturated rings. The van der Waals surface area contributed by atoms with Crippen LogP contribution in [-0.4, -0.2) is 31.8 Å². The van der Waals surface area contributed by atoms with E-state index in [9.17, 15) is 9.59 Å². The summed E-state index contributed by atoms with van der Waals surface area (Å²) < 4.78 is 4.60. The van der Waals surface area contributed by atoms with Crippen molar-refractivity contribution >= 4 is 17.1 Å². The van der Waals surface area contributed by atoms with Gasteiger partial charge in [0.15, 0.2) is 11.2 Å². The van der Waals surface area contributed by atoms with Gasteiger partial charge in [0, 0.05) is 33.7 Å². The van der Waals surface area contributed by atoms with Crippen molar-refractivity contribution in [3.05, 3.63) is 56.7 Å². The summed E-state index contributed by atoms with van der Waals surface area (Å²) in [6, 6.07) is 10.3. The van der Waals surface area contributed by atoms with E-state index in [1.54, 1.807) is 7.05 Å². The Morgan fingerprint density at radius 3 is 2.54 bits per heavy atom. The highest BCUT2D eigenvalue weighted by Gasteiger charge is 2.28. The molecule has 136 valence electrons. The topological polar surface area (TPSA) is 65.1 Å². The van der Waals surface area contributed by atoms with Crippen molar-refractivity contribution in [1.82, 2.24) is 18.7 Å². The van der Waals surface area contributed by atoms with Crippen molar-refractivity contribution in [3.8, 4) is 0 Å². The molecule has 0 bridgehead atoms. The second kappa shape index (κ2) is 6.16. The van der Waals surface area contributed by atoms with E-state index in [1.807, 2.05) is 22.8 Å². The van der Waals surface area contributed by atoms with Crippen molar-refractivity contribution in [2.24, 2.45) is 20.0 Å². The zero-order chi connectivity index (χ0) is 18.4. The van der Waals surface area contributed by atoms with Crippen LogP contribution < -0.4 is 16.1 Å². The lowest BCUT2D eigenvalue weighted by Crippen LogP contribution is -2.40. The molecule has 0 aliphatic carbocycles. The first-order valence-corrected chi connectivity index (χ1v) is 8.92. The fraction of sp³-hybridized carbons (Fsp3) is 0.421. The molecular weight excluding hydrogens is 330 g/mol. The van der Waals surface area contributed by atoms with E-state index in [0.29, 0.717) is 17.1 Å². The third-order valence-electron chi connectivity index (χ3n) is 5.15. The Labute approximate surface area is 151 Å². The van der Waals surface area contributed by atoms with Crippen LogP contribution in [0.2, 0.25) is 0 Å². The van der Waals surface area contributed by atoms with E-state index < -0.39 is 0 Å². The summed E-state index contributed by atoms with van der Waals surface area (Å²) in [5.41, 5.74) is 1.63. The third-order valence-corrected chi connectivity index (χ3v) is 5.15. The van der Waals surface area contributed by atoms with Gasteiger partial charge in [-0.3, -0.25) is 13.9 Å². The number of hydrogen-bond donors (Lipinski definition) is 0. The van der Waals surface area contributed by atoms with Gasteiger partial charge >= 0.3 is 5.69 Å². The average Bonchev–Trinajstić information content (AvgIpc) is 3.03. The van der Waals surface area contributed by atoms with Crippen molar-refractivity contribution in [3.63, 3.8) is 0 Å². The number of benzene rings is 1. The van der Waals surface area contributed by atoms with Gasteiger partial charge < -0.3 is 9.47 Å². The van der Waals surface area contributed by atoms with Gasteiger partial charge in [0.2, 0.25) is 5.95 Å². The molecule has 2 aromatic heterocycles. The quantitative estimate of drug-likeness (QED) is 0.708. The minimum Gasteiger partial charge on any atom is -0.342 e. The van der Waals surface area contributed by atoms with E-state index >= 15 is 0 Å². The summed E-state index contributed by atoms with van der Waals surface area (Å²) in [5, 5.41) is 0. The van der Waals surface area contributed by atoms with Crippen molar-refractivity contribution < 1.29 is 0 Å². The lowest BCUT2D eigenvalue weighted by molar-refractivity contribution is 0.437. The van der Waals surface area contributed by atoms with E-state index in [0.717, 1.165) is 36.6 Å². The molecule has 0 amide bonds. The predicted octanol–water partition coefficient (Wildman–Crippen LogP) is 1.13. The molecule has 7 nitrogen and oxygen atoms in total. The Balaban J connectivity index is 1.80. The average molecular weight is 353 g/mol. The maximum Gasteiger partial charge on any atom is 0.332 e. The standard InChI is InChI=1S/C19H23N5O2/c1-13-11-23(10-9-14-7-5-4-6-8-14)18-20-16-15(24(18)12-13)17(25)22(3)19(26)21(16)2/h4-8,13H,9-12H2,1-3H3/t13-/m0/s1. The largest absolute Gasteiger partial charge is 0.342 e. The van der Waals surface area contributed by atoms with Crippen LogP contribution in [0.4, 0.5) is 5.95 Å². The fourth-order valence-corrected chi connectivity index (χ4v) is 3.78. The summed E-state index contributed by atoms with van der Waals surface area (Å²) in [6.45, 7) is 4.63. The Morgan fingerprint density at radius 1 is 1.08 bits per heavy atom. The molecule has 3 aromatic rings. The van der Waals surface area contributed by atoms with Gasteiger partial charge in [0.1, 0.15) is 0 Å². The highest BCUT2D eigenvalue weighted by Crippen LogP contribution is 2.26. The molecule has 4 rings (SSSR count). The Kier molecular flexibility index (Phi) is 3.94. The smallest absolute Gasteiger partial charge is 0.332 e. The molecular formula is C19H23N5O2. The molecule has 0 saturated carbocycles. The monoisotopic (exact) mass is 353 g/mol. The molecule has 0 N–H and O–H groups in total. The summed E-state index contributed by atoms with van der Waals surface area (Å²) in [5.74, 6) is 1.19. The van der Waals surface area contributed by atoms with Gasteiger partial charge in [-0.1, -0.05) is 37.3 Å². The number of hydrogen-bond acceptors (Lipinski definition) is 4. The first kappa shape index (κ1) is 16.6. The van der Waals surface area contributed by atoms with Gasteiger partial charge in [-0.25, -0.2) is 4.79 Å². The lowest BCUT2D eigenvalue weighted by atomic mass is 10.1. The molecule has 0 radical (unpaired) electrons. The first-order chi connectivity index (χ1) is 12.5. The van der Waals surface area contributed by atoms with Gasteiger partial charge in [-0.05, 0) is 17.9 Å². The number of aryl methyl sites for hydroxylation is 1. The molecule has 1 aliphatic heterocycles. The lowest BCUT2D eigenvalue weighted by Gasteiger charge is -2.33.